The molecule has 0 spiro atoms. The van der Waals surface area contributed by atoms with Crippen molar-refractivity contribution in [3.05, 3.63) is 74.9 Å². The second-order valence-electron chi connectivity index (χ2n) is 4.57. The number of rotatable bonds is 4. The molecule has 0 saturated heterocycles. The zero-order valence-electron chi connectivity index (χ0n) is 11.3. The predicted octanol–water partition coefficient (Wildman–Crippen LogP) is 6.23. The molecule has 0 fully saturated rings. The number of benzene rings is 2. The minimum Gasteiger partial charge on any atom is -0.293 e. The molecule has 2 nitrogen and oxygen atoms in total. The van der Waals surface area contributed by atoms with Crippen molar-refractivity contribution < 1.29 is 0 Å². The van der Waals surface area contributed by atoms with Gasteiger partial charge in [-0.05, 0) is 29.8 Å². The normalized spacial score (nSPS) is 10.9. The first kappa shape index (κ1) is 15.9. The third-order valence-electron chi connectivity index (χ3n) is 3.08. The summed E-state index contributed by atoms with van der Waals surface area (Å²) in [5.74, 6) is 0.836. The molecule has 0 radical (unpaired) electrons. The summed E-state index contributed by atoms with van der Waals surface area (Å²) in [5.41, 5.74) is 2.07. The third-order valence-corrected chi connectivity index (χ3v) is 5.45. The van der Waals surface area contributed by atoms with Gasteiger partial charge < -0.3 is 0 Å². The second-order valence-corrected chi connectivity index (χ2v) is 7.21. The maximum absolute atomic E-state index is 6.30. The van der Waals surface area contributed by atoms with Gasteiger partial charge >= 0.3 is 0 Å². The number of nitrogens with zero attached hydrogens (tertiary/aromatic N) is 2. The van der Waals surface area contributed by atoms with Crippen molar-refractivity contribution in [1.82, 2.24) is 9.55 Å². The Bertz CT molecular complexity index is 787. The molecule has 0 atom stereocenters. The van der Waals surface area contributed by atoms with Crippen LogP contribution in [-0.4, -0.2) is 9.55 Å². The van der Waals surface area contributed by atoms with Crippen LogP contribution >= 0.6 is 50.9 Å². The van der Waals surface area contributed by atoms with Crippen molar-refractivity contribution in [2.45, 2.75) is 10.9 Å². The number of aromatic nitrogens is 2. The molecule has 6 heteroatoms. The molecular weight excluding hydrogens is 403 g/mol. The Morgan fingerprint density at radius 3 is 2.64 bits per heavy atom. The highest BCUT2D eigenvalue weighted by molar-refractivity contribution is 9.10. The van der Waals surface area contributed by atoms with Crippen LogP contribution in [-0.2, 0) is 5.75 Å². The molecule has 0 N–H and O–H groups in total. The molecular formula is C16H11BrCl2N2S. The number of thioether (sulfide) groups is 1. The highest BCUT2D eigenvalue weighted by Crippen LogP contribution is 2.32. The molecule has 0 aliphatic rings. The monoisotopic (exact) mass is 412 g/mol. The van der Waals surface area contributed by atoms with Crippen LogP contribution in [0.2, 0.25) is 10.0 Å². The van der Waals surface area contributed by atoms with E-state index in [4.69, 9.17) is 23.2 Å². The molecule has 0 unspecified atom stereocenters. The summed E-state index contributed by atoms with van der Waals surface area (Å²) in [5, 5.41) is 1.96. The Kier molecular flexibility index (Phi) is 5.14. The van der Waals surface area contributed by atoms with Gasteiger partial charge in [-0.3, -0.25) is 4.57 Å². The largest absolute Gasteiger partial charge is 0.293 e. The van der Waals surface area contributed by atoms with Crippen LogP contribution in [0.25, 0.3) is 5.69 Å². The topological polar surface area (TPSA) is 17.8 Å². The first-order chi connectivity index (χ1) is 10.6. The van der Waals surface area contributed by atoms with E-state index in [1.54, 1.807) is 24.0 Å². The van der Waals surface area contributed by atoms with Gasteiger partial charge in [-0.1, -0.05) is 69.1 Å². The average Bonchev–Trinajstić information content (AvgIpc) is 2.98. The molecule has 1 heterocycles. The Hall–Kier alpha value is -0.940. The molecule has 22 heavy (non-hydrogen) atoms. The van der Waals surface area contributed by atoms with E-state index in [2.05, 4.69) is 33.0 Å². The quantitative estimate of drug-likeness (QED) is 0.471. The average molecular weight is 414 g/mol. The van der Waals surface area contributed by atoms with Gasteiger partial charge in [-0.15, -0.1) is 0 Å². The van der Waals surface area contributed by atoms with E-state index in [0.29, 0.717) is 10.0 Å². The number of hydrogen-bond acceptors (Lipinski definition) is 2. The molecule has 112 valence electrons. The standard InChI is InChI=1S/C16H11BrCl2N2S/c17-12-6-4-11(5-7-12)10-22-16-20-8-9-21(16)14-3-1-2-13(18)15(14)19/h1-9H,10H2. The number of imidazole rings is 1. The Morgan fingerprint density at radius 1 is 1.09 bits per heavy atom. The zero-order valence-corrected chi connectivity index (χ0v) is 15.3. The van der Waals surface area contributed by atoms with Gasteiger partial charge in [0.1, 0.15) is 0 Å². The van der Waals surface area contributed by atoms with Crippen LogP contribution in [0.5, 0.6) is 0 Å². The fraction of sp³-hybridized carbons (Fsp3) is 0.0625. The van der Waals surface area contributed by atoms with Gasteiger partial charge in [0.15, 0.2) is 5.16 Å². The second kappa shape index (κ2) is 7.09. The molecule has 0 aliphatic carbocycles. The zero-order chi connectivity index (χ0) is 15.5. The fourth-order valence-corrected chi connectivity index (χ4v) is 3.56. The Balaban J connectivity index is 1.83. The van der Waals surface area contributed by atoms with Gasteiger partial charge in [0, 0.05) is 22.6 Å². The van der Waals surface area contributed by atoms with Crippen molar-refractivity contribution in [1.29, 1.82) is 0 Å². The Morgan fingerprint density at radius 2 is 1.86 bits per heavy atom. The van der Waals surface area contributed by atoms with Crippen LogP contribution in [0.1, 0.15) is 5.56 Å². The third kappa shape index (κ3) is 3.51. The molecule has 2 aromatic carbocycles. The lowest BCUT2D eigenvalue weighted by atomic mass is 10.2. The van der Waals surface area contributed by atoms with Crippen molar-refractivity contribution in [3.63, 3.8) is 0 Å². The van der Waals surface area contributed by atoms with E-state index in [1.165, 1.54) is 5.56 Å². The molecule has 3 rings (SSSR count). The van der Waals surface area contributed by atoms with E-state index in [1.807, 2.05) is 35.0 Å². The molecule has 3 aromatic rings. The van der Waals surface area contributed by atoms with Gasteiger partial charge in [0.2, 0.25) is 0 Å². The number of hydrogen-bond donors (Lipinski definition) is 0. The molecule has 1 aromatic heterocycles. The van der Waals surface area contributed by atoms with E-state index < -0.39 is 0 Å². The van der Waals surface area contributed by atoms with Crippen LogP contribution < -0.4 is 0 Å². The van der Waals surface area contributed by atoms with Crippen LogP contribution in [0, 0.1) is 0 Å². The molecule has 0 bridgehead atoms. The summed E-state index contributed by atoms with van der Waals surface area (Å²) in [6.45, 7) is 0. The summed E-state index contributed by atoms with van der Waals surface area (Å²) in [6.07, 6.45) is 3.66. The Labute approximate surface area is 151 Å². The SMILES string of the molecule is Clc1cccc(-n2ccnc2SCc2ccc(Br)cc2)c1Cl. The van der Waals surface area contributed by atoms with Crippen molar-refractivity contribution >= 4 is 50.9 Å². The summed E-state index contributed by atoms with van der Waals surface area (Å²) in [6, 6.07) is 13.9. The van der Waals surface area contributed by atoms with Crippen LogP contribution in [0.15, 0.2) is 64.5 Å². The van der Waals surface area contributed by atoms with Crippen molar-refractivity contribution in [3.8, 4) is 5.69 Å². The summed E-state index contributed by atoms with van der Waals surface area (Å²) >= 11 is 17.5. The maximum atomic E-state index is 6.30. The highest BCUT2D eigenvalue weighted by atomic mass is 79.9. The summed E-state index contributed by atoms with van der Waals surface area (Å²) in [7, 11) is 0. The highest BCUT2D eigenvalue weighted by Gasteiger charge is 2.11. The minimum absolute atomic E-state index is 0.535. The van der Waals surface area contributed by atoms with E-state index in [9.17, 15) is 0 Å². The van der Waals surface area contributed by atoms with Crippen molar-refractivity contribution in [2.75, 3.05) is 0 Å². The molecule has 0 amide bonds. The lowest BCUT2D eigenvalue weighted by Crippen LogP contribution is -1.96. The lowest BCUT2D eigenvalue weighted by molar-refractivity contribution is 0.895. The van der Waals surface area contributed by atoms with Crippen molar-refractivity contribution in [2.24, 2.45) is 0 Å². The maximum Gasteiger partial charge on any atom is 0.172 e. The van der Waals surface area contributed by atoms with Gasteiger partial charge in [0.25, 0.3) is 0 Å². The first-order valence-electron chi connectivity index (χ1n) is 6.50. The smallest absolute Gasteiger partial charge is 0.172 e. The van der Waals surface area contributed by atoms with E-state index in [0.717, 1.165) is 21.1 Å². The van der Waals surface area contributed by atoms with Crippen LogP contribution in [0.4, 0.5) is 0 Å². The lowest BCUT2D eigenvalue weighted by Gasteiger charge is -2.10. The first-order valence-corrected chi connectivity index (χ1v) is 9.03. The fourth-order valence-electron chi connectivity index (χ4n) is 1.99. The van der Waals surface area contributed by atoms with E-state index in [-0.39, 0.29) is 0 Å². The molecule has 0 aliphatic heterocycles. The minimum atomic E-state index is 0.535. The van der Waals surface area contributed by atoms with Gasteiger partial charge in [-0.2, -0.15) is 0 Å². The van der Waals surface area contributed by atoms with Gasteiger partial charge in [-0.25, -0.2) is 4.98 Å². The van der Waals surface area contributed by atoms with Crippen LogP contribution in [0.3, 0.4) is 0 Å². The predicted molar refractivity (Wildman–Crippen MR) is 97.3 cm³/mol. The van der Waals surface area contributed by atoms with E-state index >= 15 is 0 Å². The summed E-state index contributed by atoms with van der Waals surface area (Å²) in [4.78, 5) is 4.41. The molecule has 0 saturated carbocycles. The number of halogens is 3. The summed E-state index contributed by atoms with van der Waals surface area (Å²) < 4.78 is 3.03. The van der Waals surface area contributed by atoms with Gasteiger partial charge in [0.05, 0.1) is 15.7 Å².